The molecule has 0 unspecified atom stereocenters. The van der Waals surface area contributed by atoms with Crippen LogP contribution in [0.4, 0.5) is 0 Å². The van der Waals surface area contributed by atoms with Crippen LogP contribution in [0.3, 0.4) is 0 Å². The van der Waals surface area contributed by atoms with Gasteiger partial charge in [0.1, 0.15) is 0 Å². The van der Waals surface area contributed by atoms with Gasteiger partial charge in [0.05, 0.1) is 6.61 Å². The zero-order chi connectivity index (χ0) is 20.7. The summed E-state index contributed by atoms with van der Waals surface area (Å²) >= 11 is 0. The van der Waals surface area contributed by atoms with Crippen molar-refractivity contribution < 1.29 is 19.1 Å². The summed E-state index contributed by atoms with van der Waals surface area (Å²) in [5.41, 5.74) is 0. The van der Waals surface area contributed by atoms with Crippen molar-refractivity contribution in [1.29, 1.82) is 0 Å². The second-order valence-electron chi connectivity index (χ2n) is 7.02. The molecule has 0 radical (unpaired) electrons. The molecule has 0 aliphatic rings. The van der Waals surface area contributed by atoms with E-state index in [9.17, 15) is 9.59 Å². The van der Waals surface area contributed by atoms with Gasteiger partial charge in [0.15, 0.2) is 6.61 Å². The standard InChI is InChI=1S/C24H40O4/c1-3-5-7-9-10-11-12-13-14-15-17-22-28-24(26)20-18-19-23(25)27-21-16-8-6-4-2/h4,6H,3,5,7-14,16,18-22H2,1-2H3/b6-4+. The van der Waals surface area contributed by atoms with Crippen LogP contribution >= 0.6 is 0 Å². The Hall–Kier alpha value is -1.76. The average molecular weight is 393 g/mol. The van der Waals surface area contributed by atoms with Gasteiger partial charge in [-0.2, -0.15) is 0 Å². The summed E-state index contributed by atoms with van der Waals surface area (Å²) in [5, 5.41) is 0. The molecule has 0 bridgehead atoms. The maximum Gasteiger partial charge on any atom is 0.306 e. The molecule has 4 heteroatoms. The van der Waals surface area contributed by atoms with Crippen LogP contribution in [0.15, 0.2) is 12.2 Å². The quantitative estimate of drug-likeness (QED) is 0.129. The van der Waals surface area contributed by atoms with Crippen LogP contribution in [0.5, 0.6) is 0 Å². The van der Waals surface area contributed by atoms with E-state index < -0.39 is 0 Å². The molecular weight excluding hydrogens is 352 g/mol. The second kappa shape index (κ2) is 21.5. The van der Waals surface area contributed by atoms with Crippen molar-refractivity contribution in [3.05, 3.63) is 12.2 Å². The van der Waals surface area contributed by atoms with Gasteiger partial charge in [-0.25, -0.2) is 0 Å². The van der Waals surface area contributed by atoms with E-state index in [1.54, 1.807) is 0 Å². The van der Waals surface area contributed by atoms with E-state index in [1.807, 2.05) is 19.1 Å². The van der Waals surface area contributed by atoms with E-state index in [0.717, 1.165) is 25.7 Å². The molecule has 0 amide bonds. The van der Waals surface area contributed by atoms with Gasteiger partial charge < -0.3 is 9.47 Å². The normalized spacial score (nSPS) is 10.5. The molecule has 0 rings (SSSR count). The number of ether oxygens (including phenoxy) is 2. The van der Waals surface area contributed by atoms with Crippen LogP contribution in [-0.4, -0.2) is 25.2 Å². The van der Waals surface area contributed by atoms with Gasteiger partial charge in [-0.3, -0.25) is 9.59 Å². The SMILES string of the molecule is C/C=C/CCCOC(=O)CCCC(=O)OCC#CCCCCCCCCCC. The molecule has 160 valence electrons. The Morgan fingerprint density at radius 1 is 0.786 bits per heavy atom. The smallest absolute Gasteiger partial charge is 0.306 e. The molecule has 0 saturated carbocycles. The minimum Gasteiger partial charge on any atom is -0.466 e. The van der Waals surface area contributed by atoms with Gasteiger partial charge in [0.2, 0.25) is 0 Å². The highest BCUT2D eigenvalue weighted by Crippen LogP contribution is 2.09. The fourth-order valence-electron chi connectivity index (χ4n) is 2.68. The Kier molecular flexibility index (Phi) is 20.2. The highest BCUT2D eigenvalue weighted by Gasteiger charge is 2.06. The summed E-state index contributed by atoms with van der Waals surface area (Å²) in [5.74, 6) is 5.39. The van der Waals surface area contributed by atoms with Crippen molar-refractivity contribution in [1.82, 2.24) is 0 Å². The molecule has 0 aromatic heterocycles. The zero-order valence-corrected chi connectivity index (χ0v) is 18.1. The lowest BCUT2D eigenvalue weighted by Gasteiger charge is -2.03. The van der Waals surface area contributed by atoms with E-state index in [-0.39, 0.29) is 31.4 Å². The topological polar surface area (TPSA) is 52.6 Å². The van der Waals surface area contributed by atoms with Gasteiger partial charge >= 0.3 is 11.9 Å². The maximum atomic E-state index is 11.6. The number of carbonyl (C=O) groups excluding carboxylic acids is 2. The van der Waals surface area contributed by atoms with Crippen LogP contribution < -0.4 is 0 Å². The lowest BCUT2D eigenvalue weighted by Crippen LogP contribution is -2.08. The Balaban J connectivity index is 3.43. The van der Waals surface area contributed by atoms with Gasteiger partial charge in [-0.1, -0.05) is 75.9 Å². The van der Waals surface area contributed by atoms with Gasteiger partial charge in [0, 0.05) is 19.3 Å². The summed E-state index contributed by atoms with van der Waals surface area (Å²) < 4.78 is 10.2. The highest BCUT2D eigenvalue weighted by atomic mass is 16.5. The summed E-state index contributed by atoms with van der Waals surface area (Å²) in [7, 11) is 0. The van der Waals surface area contributed by atoms with Gasteiger partial charge in [-0.15, -0.1) is 0 Å². The average Bonchev–Trinajstić information content (AvgIpc) is 2.68. The van der Waals surface area contributed by atoms with Crippen molar-refractivity contribution >= 4 is 11.9 Å². The Labute approximate surface area is 172 Å². The second-order valence-corrected chi connectivity index (χ2v) is 7.02. The largest absolute Gasteiger partial charge is 0.466 e. The Morgan fingerprint density at radius 3 is 2.11 bits per heavy atom. The van der Waals surface area contributed by atoms with E-state index >= 15 is 0 Å². The molecule has 4 nitrogen and oxygen atoms in total. The predicted molar refractivity (Wildman–Crippen MR) is 115 cm³/mol. The minimum absolute atomic E-state index is 0.144. The lowest BCUT2D eigenvalue weighted by atomic mass is 10.1. The molecule has 0 aliphatic heterocycles. The molecule has 0 fully saturated rings. The first-order chi connectivity index (χ1) is 13.7. The molecule has 28 heavy (non-hydrogen) atoms. The van der Waals surface area contributed by atoms with Crippen molar-refractivity contribution in [2.75, 3.05) is 13.2 Å². The number of carbonyl (C=O) groups is 2. The maximum absolute atomic E-state index is 11.6. The monoisotopic (exact) mass is 392 g/mol. The lowest BCUT2D eigenvalue weighted by molar-refractivity contribution is -0.144. The zero-order valence-electron chi connectivity index (χ0n) is 18.1. The van der Waals surface area contributed by atoms with E-state index in [2.05, 4.69) is 18.8 Å². The molecule has 0 N–H and O–H groups in total. The van der Waals surface area contributed by atoms with Crippen LogP contribution in [-0.2, 0) is 19.1 Å². The molecule has 0 aromatic carbocycles. The number of unbranched alkanes of at least 4 members (excludes halogenated alkanes) is 9. The Morgan fingerprint density at radius 2 is 1.43 bits per heavy atom. The van der Waals surface area contributed by atoms with E-state index in [1.165, 1.54) is 44.9 Å². The first-order valence-corrected chi connectivity index (χ1v) is 11.1. The number of esters is 2. The summed E-state index contributed by atoms with van der Waals surface area (Å²) in [6.45, 7) is 4.78. The third-order valence-electron chi connectivity index (χ3n) is 4.36. The van der Waals surface area contributed by atoms with E-state index in [0.29, 0.717) is 13.0 Å². The van der Waals surface area contributed by atoms with Crippen molar-refractivity contribution in [2.45, 2.75) is 104 Å². The first kappa shape index (κ1) is 26.2. The van der Waals surface area contributed by atoms with Crippen LogP contribution in [0, 0.1) is 11.8 Å². The van der Waals surface area contributed by atoms with Gasteiger partial charge in [-0.05, 0) is 32.6 Å². The predicted octanol–water partition coefficient (Wildman–Crippen LogP) is 6.13. The summed E-state index contributed by atoms with van der Waals surface area (Å²) in [4.78, 5) is 23.1. The molecule has 0 atom stereocenters. The van der Waals surface area contributed by atoms with Crippen molar-refractivity contribution in [3.63, 3.8) is 0 Å². The number of hydrogen-bond donors (Lipinski definition) is 0. The fourth-order valence-corrected chi connectivity index (χ4v) is 2.68. The number of rotatable bonds is 17. The summed E-state index contributed by atoms with van der Waals surface area (Å²) in [6.07, 6.45) is 17.9. The molecule has 0 aromatic rings. The number of allylic oxidation sites excluding steroid dienone is 2. The minimum atomic E-state index is -0.303. The fraction of sp³-hybridized carbons (Fsp3) is 0.750. The van der Waals surface area contributed by atoms with Crippen molar-refractivity contribution in [3.8, 4) is 11.8 Å². The third kappa shape index (κ3) is 20.6. The van der Waals surface area contributed by atoms with Gasteiger partial charge in [0.25, 0.3) is 0 Å². The molecular formula is C24H40O4. The molecule has 0 spiro atoms. The number of hydrogen-bond acceptors (Lipinski definition) is 4. The molecule has 0 saturated heterocycles. The van der Waals surface area contributed by atoms with Crippen LogP contribution in [0.2, 0.25) is 0 Å². The first-order valence-electron chi connectivity index (χ1n) is 11.1. The van der Waals surface area contributed by atoms with Crippen LogP contribution in [0.25, 0.3) is 0 Å². The molecule has 0 heterocycles. The molecule has 0 aliphatic carbocycles. The van der Waals surface area contributed by atoms with Crippen LogP contribution in [0.1, 0.15) is 104 Å². The third-order valence-corrected chi connectivity index (χ3v) is 4.36. The Bertz CT molecular complexity index is 471. The summed E-state index contributed by atoms with van der Waals surface area (Å²) in [6, 6.07) is 0. The van der Waals surface area contributed by atoms with Crippen molar-refractivity contribution in [2.24, 2.45) is 0 Å². The van der Waals surface area contributed by atoms with E-state index in [4.69, 9.17) is 9.47 Å². The highest BCUT2D eigenvalue weighted by molar-refractivity contribution is 5.72.